The number of pyridine rings is 1. The van der Waals surface area contributed by atoms with Gasteiger partial charge in [0.2, 0.25) is 5.88 Å². The van der Waals surface area contributed by atoms with E-state index in [-0.39, 0.29) is 6.10 Å². The quantitative estimate of drug-likeness (QED) is 0.640. The lowest BCUT2D eigenvalue weighted by Crippen LogP contribution is -2.17. The van der Waals surface area contributed by atoms with Gasteiger partial charge in [-0.2, -0.15) is 0 Å². The van der Waals surface area contributed by atoms with Gasteiger partial charge in [0.1, 0.15) is 12.1 Å². The molecule has 0 N–H and O–H groups in total. The van der Waals surface area contributed by atoms with Crippen molar-refractivity contribution < 1.29 is 9.47 Å². The molecular weight excluding hydrogens is 348 g/mol. The number of nitrogens with zero attached hydrogens (tertiary/aromatic N) is 2. The first-order valence-corrected chi connectivity index (χ1v) is 9.44. The first-order valence-electron chi connectivity index (χ1n) is 9.06. The molecule has 1 aliphatic heterocycles. The first kappa shape index (κ1) is 17.4. The van der Waals surface area contributed by atoms with Crippen molar-refractivity contribution in [2.75, 3.05) is 13.2 Å². The highest BCUT2D eigenvalue weighted by atomic mass is 35.5. The topological polar surface area (TPSA) is 36.3 Å². The van der Waals surface area contributed by atoms with Crippen molar-refractivity contribution in [3.05, 3.63) is 58.4 Å². The van der Waals surface area contributed by atoms with E-state index in [1.165, 1.54) is 22.2 Å². The van der Waals surface area contributed by atoms with Gasteiger partial charge in [-0.25, -0.2) is 4.98 Å². The largest absolute Gasteiger partial charge is 0.473 e. The Balaban J connectivity index is 1.70. The number of aryl methyl sites for hydroxylation is 1. The Hall–Kier alpha value is -2.04. The van der Waals surface area contributed by atoms with E-state index in [2.05, 4.69) is 41.6 Å². The van der Waals surface area contributed by atoms with Crippen LogP contribution in [0.1, 0.15) is 29.7 Å². The van der Waals surface area contributed by atoms with Crippen LogP contribution in [0.2, 0.25) is 5.02 Å². The number of benzene rings is 1. The number of halogens is 1. The van der Waals surface area contributed by atoms with Crippen molar-refractivity contribution in [2.24, 2.45) is 0 Å². The highest BCUT2D eigenvalue weighted by Gasteiger charge is 2.20. The molecule has 1 aromatic carbocycles. The van der Waals surface area contributed by atoms with Gasteiger partial charge in [0.05, 0.1) is 6.10 Å². The van der Waals surface area contributed by atoms with E-state index in [4.69, 9.17) is 21.1 Å². The molecule has 0 radical (unpaired) electrons. The van der Waals surface area contributed by atoms with Crippen LogP contribution < -0.4 is 4.74 Å². The van der Waals surface area contributed by atoms with Crippen molar-refractivity contribution in [3.63, 3.8) is 0 Å². The van der Waals surface area contributed by atoms with Gasteiger partial charge >= 0.3 is 0 Å². The molecule has 3 aromatic rings. The lowest BCUT2D eigenvalue weighted by molar-refractivity contribution is 0.0668. The van der Waals surface area contributed by atoms with Crippen molar-refractivity contribution in [2.45, 2.75) is 39.3 Å². The summed E-state index contributed by atoms with van der Waals surface area (Å²) in [6.45, 7) is 6.44. The van der Waals surface area contributed by atoms with Gasteiger partial charge in [-0.15, -0.1) is 0 Å². The van der Waals surface area contributed by atoms with Crippen molar-refractivity contribution in [1.29, 1.82) is 0 Å². The molecule has 1 atom stereocenters. The maximum atomic E-state index is 6.09. The van der Waals surface area contributed by atoms with Gasteiger partial charge in [-0.3, -0.25) is 0 Å². The molecule has 1 fully saturated rings. The SMILES string of the molecule is Cc1c(C)n(Cc2ccc(Cl)cc2)c2c(OCC3CCCO3)nccc12. The summed E-state index contributed by atoms with van der Waals surface area (Å²) >= 11 is 6.03. The molecule has 4 nitrogen and oxygen atoms in total. The molecule has 5 heteroatoms. The summed E-state index contributed by atoms with van der Waals surface area (Å²) in [4.78, 5) is 4.52. The Morgan fingerprint density at radius 3 is 2.77 bits per heavy atom. The van der Waals surface area contributed by atoms with E-state index in [1.807, 2.05) is 18.3 Å². The van der Waals surface area contributed by atoms with Crippen LogP contribution in [0.25, 0.3) is 10.9 Å². The monoisotopic (exact) mass is 370 g/mol. The smallest absolute Gasteiger partial charge is 0.238 e. The number of hydrogen-bond acceptors (Lipinski definition) is 3. The highest BCUT2D eigenvalue weighted by Crippen LogP contribution is 2.32. The van der Waals surface area contributed by atoms with E-state index in [1.54, 1.807) is 0 Å². The summed E-state index contributed by atoms with van der Waals surface area (Å²) < 4.78 is 14.1. The predicted molar refractivity (Wildman–Crippen MR) is 104 cm³/mol. The van der Waals surface area contributed by atoms with E-state index in [9.17, 15) is 0 Å². The molecule has 1 aliphatic rings. The van der Waals surface area contributed by atoms with Crippen LogP contribution in [0.15, 0.2) is 36.5 Å². The summed E-state index contributed by atoms with van der Waals surface area (Å²) in [5.41, 5.74) is 4.74. The third-order valence-corrected chi connectivity index (χ3v) is 5.45. The number of hydrogen-bond donors (Lipinski definition) is 0. The minimum Gasteiger partial charge on any atom is -0.473 e. The number of aromatic nitrogens is 2. The van der Waals surface area contributed by atoms with Crippen molar-refractivity contribution >= 4 is 22.5 Å². The Morgan fingerprint density at radius 1 is 1.23 bits per heavy atom. The van der Waals surface area contributed by atoms with Crippen molar-refractivity contribution in [1.82, 2.24) is 9.55 Å². The lowest BCUT2D eigenvalue weighted by Gasteiger charge is -2.14. The first-order chi connectivity index (χ1) is 12.6. The summed E-state index contributed by atoms with van der Waals surface area (Å²) in [6.07, 6.45) is 4.16. The summed E-state index contributed by atoms with van der Waals surface area (Å²) in [6, 6.07) is 10.0. The molecule has 4 rings (SSSR count). The molecule has 3 heterocycles. The molecule has 136 valence electrons. The van der Waals surface area contributed by atoms with Crippen molar-refractivity contribution in [3.8, 4) is 5.88 Å². The zero-order valence-corrected chi connectivity index (χ0v) is 15.9. The number of ether oxygens (including phenoxy) is 2. The average Bonchev–Trinajstić information content (AvgIpc) is 3.25. The molecule has 0 aliphatic carbocycles. The fraction of sp³-hybridized carbons (Fsp3) is 0.381. The van der Waals surface area contributed by atoms with Gasteiger partial charge in [0, 0.05) is 35.5 Å². The van der Waals surface area contributed by atoms with E-state index >= 15 is 0 Å². The van der Waals surface area contributed by atoms with Crippen LogP contribution in [0, 0.1) is 13.8 Å². The lowest BCUT2D eigenvalue weighted by atomic mass is 10.2. The van der Waals surface area contributed by atoms with E-state index in [0.29, 0.717) is 12.5 Å². The highest BCUT2D eigenvalue weighted by molar-refractivity contribution is 6.30. The number of rotatable bonds is 5. The molecule has 0 saturated carbocycles. The fourth-order valence-electron chi connectivity index (χ4n) is 3.59. The summed E-state index contributed by atoms with van der Waals surface area (Å²) in [5.74, 6) is 0.683. The third-order valence-electron chi connectivity index (χ3n) is 5.20. The molecule has 0 spiro atoms. The van der Waals surface area contributed by atoms with Crippen LogP contribution in [-0.2, 0) is 11.3 Å². The van der Waals surface area contributed by atoms with Gasteiger partial charge in [-0.1, -0.05) is 23.7 Å². The van der Waals surface area contributed by atoms with Crippen LogP contribution >= 0.6 is 11.6 Å². The zero-order chi connectivity index (χ0) is 18.1. The van der Waals surface area contributed by atoms with E-state index < -0.39 is 0 Å². The van der Waals surface area contributed by atoms with Crippen LogP contribution in [0.3, 0.4) is 0 Å². The Bertz CT molecular complexity index is 912. The van der Waals surface area contributed by atoms with Crippen LogP contribution in [-0.4, -0.2) is 28.9 Å². The number of fused-ring (bicyclic) bond motifs is 1. The molecule has 2 aromatic heterocycles. The molecular formula is C21H23ClN2O2. The Morgan fingerprint density at radius 2 is 2.04 bits per heavy atom. The maximum absolute atomic E-state index is 6.09. The summed E-state index contributed by atoms with van der Waals surface area (Å²) in [5, 5.41) is 1.94. The minimum absolute atomic E-state index is 0.175. The maximum Gasteiger partial charge on any atom is 0.238 e. The van der Waals surface area contributed by atoms with Gasteiger partial charge in [-0.05, 0) is 56.0 Å². The molecule has 0 bridgehead atoms. The van der Waals surface area contributed by atoms with Gasteiger partial charge < -0.3 is 14.0 Å². The van der Waals surface area contributed by atoms with Gasteiger partial charge in [0.15, 0.2) is 0 Å². The second kappa shape index (κ2) is 7.29. The average molecular weight is 371 g/mol. The second-order valence-electron chi connectivity index (χ2n) is 6.88. The third kappa shape index (κ3) is 3.31. The Kier molecular flexibility index (Phi) is 4.88. The van der Waals surface area contributed by atoms with E-state index in [0.717, 1.165) is 36.5 Å². The molecule has 0 amide bonds. The molecule has 1 unspecified atom stereocenters. The fourth-order valence-corrected chi connectivity index (χ4v) is 3.71. The van der Waals surface area contributed by atoms with Crippen LogP contribution in [0.4, 0.5) is 0 Å². The standard InChI is InChI=1S/C21H23ClN2O2/c1-14-15(2)24(12-16-5-7-17(22)8-6-16)20-19(14)9-10-23-21(20)26-13-18-4-3-11-25-18/h5-10,18H,3-4,11-13H2,1-2H3. The summed E-state index contributed by atoms with van der Waals surface area (Å²) in [7, 11) is 0. The predicted octanol–water partition coefficient (Wildman–Crippen LogP) is 4.91. The zero-order valence-electron chi connectivity index (χ0n) is 15.2. The minimum atomic E-state index is 0.175. The molecule has 1 saturated heterocycles. The second-order valence-corrected chi connectivity index (χ2v) is 7.32. The van der Waals surface area contributed by atoms with Crippen LogP contribution in [0.5, 0.6) is 5.88 Å². The van der Waals surface area contributed by atoms with Gasteiger partial charge in [0.25, 0.3) is 0 Å². The Labute approximate surface area is 158 Å². The molecule has 26 heavy (non-hydrogen) atoms. The normalized spacial score (nSPS) is 17.1.